The number of amides is 2. The standard InChI is InChI=1S/C25H28N6O3S/c1-15(2)26-21(32)11-12-30-23(34)19-7-5-6-8-20(19)31-24(30)28-29-25(31)35-14-22(33)27-18-10-9-16(3)17(4)13-18/h5-10,13,15H,11-12,14H2,1-4H3,(H,26,32)(H,27,33). The summed E-state index contributed by atoms with van der Waals surface area (Å²) in [7, 11) is 0. The second kappa shape index (κ2) is 10.3. The Labute approximate surface area is 206 Å². The van der Waals surface area contributed by atoms with Gasteiger partial charge in [0.1, 0.15) is 0 Å². The second-order valence-corrected chi connectivity index (χ2v) is 9.64. The van der Waals surface area contributed by atoms with E-state index in [0.717, 1.165) is 16.8 Å². The van der Waals surface area contributed by atoms with Gasteiger partial charge in [-0.2, -0.15) is 0 Å². The van der Waals surface area contributed by atoms with Gasteiger partial charge in [0.2, 0.25) is 17.6 Å². The van der Waals surface area contributed by atoms with E-state index in [0.29, 0.717) is 21.8 Å². The molecule has 0 saturated heterocycles. The number of nitrogens with zero attached hydrogens (tertiary/aromatic N) is 4. The maximum Gasteiger partial charge on any atom is 0.262 e. The molecule has 0 radical (unpaired) electrons. The molecular formula is C25H28N6O3S. The number of hydrogen-bond acceptors (Lipinski definition) is 6. The first-order valence-electron chi connectivity index (χ1n) is 11.4. The van der Waals surface area contributed by atoms with Gasteiger partial charge in [0.15, 0.2) is 5.16 Å². The highest BCUT2D eigenvalue weighted by Crippen LogP contribution is 2.22. The fourth-order valence-electron chi connectivity index (χ4n) is 3.78. The molecule has 4 rings (SSSR count). The molecule has 0 saturated carbocycles. The Balaban J connectivity index is 1.61. The monoisotopic (exact) mass is 492 g/mol. The maximum absolute atomic E-state index is 13.2. The van der Waals surface area contributed by atoms with Crippen molar-refractivity contribution in [3.05, 3.63) is 63.9 Å². The van der Waals surface area contributed by atoms with Gasteiger partial charge in [-0.25, -0.2) is 0 Å². The third kappa shape index (κ3) is 5.37. The summed E-state index contributed by atoms with van der Waals surface area (Å²) in [5.74, 6) is 0.147. The summed E-state index contributed by atoms with van der Waals surface area (Å²) in [6.07, 6.45) is 0.139. The predicted molar refractivity (Wildman–Crippen MR) is 138 cm³/mol. The summed E-state index contributed by atoms with van der Waals surface area (Å²) in [4.78, 5) is 38.0. The van der Waals surface area contributed by atoms with Gasteiger partial charge in [-0.05, 0) is 63.1 Å². The number of nitrogens with one attached hydrogen (secondary N) is 2. The van der Waals surface area contributed by atoms with Gasteiger partial charge in [0.05, 0.1) is 16.7 Å². The number of thioether (sulfide) groups is 1. The molecule has 2 heterocycles. The van der Waals surface area contributed by atoms with Gasteiger partial charge in [-0.1, -0.05) is 30.0 Å². The minimum atomic E-state index is -0.234. The molecule has 0 fully saturated rings. The minimum Gasteiger partial charge on any atom is -0.354 e. The molecule has 4 aromatic rings. The van der Waals surface area contributed by atoms with Crippen LogP contribution in [0, 0.1) is 13.8 Å². The van der Waals surface area contributed by atoms with E-state index in [4.69, 9.17) is 0 Å². The number of carbonyl (C=O) groups excluding carboxylic acids is 2. The van der Waals surface area contributed by atoms with Crippen molar-refractivity contribution in [1.29, 1.82) is 0 Å². The number of aryl methyl sites for hydroxylation is 3. The lowest BCUT2D eigenvalue weighted by Crippen LogP contribution is -2.32. The zero-order valence-corrected chi connectivity index (χ0v) is 21.0. The number of hydrogen-bond donors (Lipinski definition) is 2. The van der Waals surface area contributed by atoms with Crippen LogP contribution in [0.25, 0.3) is 16.7 Å². The maximum atomic E-state index is 13.2. The van der Waals surface area contributed by atoms with Crippen LogP contribution < -0.4 is 16.2 Å². The summed E-state index contributed by atoms with van der Waals surface area (Å²) in [5.41, 5.74) is 3.42. The van der Waals surface area contributed by atoms with Crippen molar-refractivity contribution >= 4 is 45.9 Å². The summed E-state index contributed by atoms with van der Waals surface area (Å²) in [6, 6.07) is 13.0. The molecule has 0 spiro atoms. The molecule has 0 aliphatic carbocycles. The first-order chi connectivity index (χ1) is 16.7. The van der Waals surface area contributed by atoms with Crippen LogP contribution in [0.15, 0.2) is 52.4 Å². The number of rotatable bonds is 8. The molecule has 0 aliphatic heterocycles. The fraction of sp³-hybridized carbons (Fsp3) is 0.320. The van der Waals surface area contributed by atoms with E-state index in [1.54, 1.807) is 16.5 Å². The number of benzene rings is 2. The summed E-state index contributed by atoms with van der Waals surface area (Å²) in [6.45, 7) is 7.96. The lowest BCUT2D eigenvalue weighted by molar-refractivity contribution is -0.121. The summed E-state index contributed by atoms with van der Waals surface area (Å²) < 4.78 is 3.24. The number of fused-ring (bicyclic) bond motifs is 3. The van der Waals surface area contributed by atoms with Gasteiger partial charge in [0, 0.05) is 24.7 Å². The van der Waals surface area contributed by atoms with Crippen molar-refractivity contribution in [2.24, 2.45) is 0 Å². The second-order valence-electron chi connectivity index (χ2n) is 8.70. The molecular weight excluding hydrogens is 464 g/mol. The zero-order valence-electron chi connectivity index (χ0n) is 20.2. The average Bonchev–Trinajstić information content (AvgIpc) is 3.23. The van der Waals surface area contributed by atoms with Crippen LogP contribution in [0.3, 0.4) is 0 Å². The van der Waals surface area contributed by atoms with Gasteiger partial charge in [-0.3, -0.25) is 23.4 Å². The molecule has 0 unspecified atom stereocenters. The number of anilines is 1. The van der Waals surface area contributed by atoms with Crippen LogP contribution in [0.1, 0.15) is 31.4 Å². The van der Waals surface area contributed by atoms with Crippen LogP contribution in [0.5, 0.6) is 0 Å². The Bertz CT molecular complexity index is 1470. The highest BCUT2D eigenvalue weighted by molar-refractivity contribution is 7.99. The van der Waals surface area contributed by atoms with Crippen LogP contribution >= 0.6 is 11.8 Å². The molecule has 10 heteroatoms. The molecule has 35 heavy (non-hydrogen) atoms. The normalized spacial score (nSPS) is 11.3. The van der Waals surface area contributed by atoms with Crippen molar-refractivity contribution in [3.8, 4) is 0 Å². The third-order valence-corrected chi connectivity index (χ3v) is 6.54. The number of para-hydroxylation sites is 1. The smallest absolute Gasteiger partial charge is 0.262 e. The van der Waals surface area contributed by atoms with Crippen molar-refractivity contribution in [2.45, 2.75) is 51.9 Å². The van der Waals surface area contributed by atoms with Crippen molar-refractivity contribution < 1.29 is 9.59 Å². The van der Waals surface area contributed by atoms with Crippen molar-refractivity contribution in [2.75, 3.05) is 11.1 Å². The molecule has 0 atom stereocenters. The van der Waals surface area contributed by atoms with Crippen molar-refractivity contribution in [3.63, 3.8) is 0 Å². The molecule has 182 valence electrons. The van der Waals surface area contributed by atoms with Crippen LogP contribution in [-0.4, -0.2) is 42.8 Å². The molecule has 2 N–H and O–H groups in total. The van der Waals surface area contributed by atoms with E-state index in [9.17, 15) is 14.4 Å². The van der Waals surface area contributed by atoms with Crippen LogP contribution in [-0.2, 0) is 16.1 Å². The topological polar surface area (TPSA) is 110 Å². The zero-order chi connectivity index (χ0) is 25.1. The third-order valence-electron chi connectivity index (χ3n) is 5.61. The van der Waals surface area contributed by atoms with Gasteiger partial charge < -0.3 is 10.6 Å². The van der Waals surface area contributed by atoms with Crippen LogP contribution in [0.2, 0.25) is 0 Å². The van der Waals surface area contributed by atoms with Crippen molar-refractivity contribution in [1.82, 2.24) is 24.5 Å². The van der Waals surface area contributed by atoms with E-state index in [-0.39, 0.29) is 42.1 Å². The molecule has 2 amide bonds. The van der Waals surface area contributed by atoms with Gasteiger partial charge in [-0.15, -0.1) is 10.2 Å². The van der Waals surface area contributed by atoms with E-state index in [1.165, 1.54) is 16.3 Å². The first kappa shape index (κ1) is 24.5. The quantitative estimate of drug-likeness (QED) is 0.365. The number of carbonyl (C=O) groups is 2. The van der Waals surface area contributed by atoms with E-state index in [2.05, 4.69) is 20.8 Å². The van der Waals surface area contributed by atoms with E-state index in [1.807, 2.05) is 58.0 Å². The van der Waals surface area contributed by atoms with Crippen LogP contribution in [0.4, 0.5) is 5.69 Å². The molecule has 0 aliphatic rings. The first-order valence-corrected chi connectivity index (χ1v) is 12.4. The molecule has 2 aromatic carbocycles. The minimum absolute atomic E-state index is 0.0157. The summed E-state index contributed by atoms with van der Waals surface area (Å²) in [5, 5.41) is 15.2. The Hall–Kier alpha value is -3.66. The Kier molecular flexibility index (Phi) is 7.20. The molecule has 0 bridgehead atoms. The van der Waals surface area contributed by atoms with Gasteiger partial charge in [0.25, 0.3) is 5.56 Å². The number of aromatic nitrogens is 4. The Morgan fingerprint density at radius 1 is 1.03 bits per heavy atom. The SMILES string of the molecule is Cc1ccc(NC(=O)CSc2nnc3n(CCC(=O)NC(C)C)c(=O)c4ccccc4n23)cc1C. The van der Waals surface area contributed by atoms with E-state index < -0.39 is 0 Å². The van der Waals surface area contributed by atoms with Gasteiger partial charge >= 0.3 is 0 Å². The Morgan fingerprint density at radius 3 is 2.54 bits per heavy atom. The van der Waals surface area contributed by atoms with E-state index >= 15 is 0 Å². The predicted octanol–water partition coefficient (Wildman–Crippen LogP) is 3.31. The largest absolute Gasteiger partial charge is 0.354 e. The fourth-order valence-corrected chi connectivity index (χ4v) is 4.52. The highest BCUT2D eigenvalue weighted by Gasteiger charge is 2.18. The average molecular weight is 493 g/mol. The summed E-state index contributed by atoms with van der Waals surface area (Å²) >= 11 is 1.24. The highest BCUT2D eigenvalue weighted by atomic mass is 32.2. The lowest BCUT2D eigenvalue weighted by atomic mass is 10.1. The molecule has 2 aromatic heterocycles. The molecule has 9 nitrogen and oxygen atoms in total. The lowest BCUT2D eigenvalue weighted by Gasteiger charge is -2.12. The Morgan fingerprint density at radius 2 is 1.80 bits per heavy atom.